The van der Waals surface area contributed by atoms with E-state index < -0.39 is 0 Å². The van der Waals surface area contributed by atoms with E-state index in [0.29, 0.717) is 28.3 Å². The number of amides is 1. The van der Waals surface area contributed by atoms with Gasteiger partial charge in [0, 0.05) is 17.3 Å². The lowest BCUT2D eigenvalue weighted by molar-refractivity contribution is -0.0197. The van der Waals surface area contributed by atoms with Crippen LogP contribution in [0.3, 0.4) is 0 Å². The molecule has 3 aromatic heterocycles. The van der Waals surface area contributed by atoms with Gasteiger partial charge in [0.2, 0.25) is 0 Å². The number of aromatic amines is 1. The van der Waals surface area contributed by atoms with E-state index in [-0.39, 0.29) is 28.7 Å². The van der Waals surface area contributed by atoms with Crippen LogP contribution in [0.15, 0.2) is 47.4 Å². The highest BCUT2D eigenvalue weighted by atomic mass is 19.1. The molecular formula is C24H22FN5O2. The summed E-state index contributed by atoms with van der Waals surface area (Å²) in [5, 5.41) is 11.7. The van der Waals surface area contributed by atoms with Crippen LogP contribution < -0.4 is 10.9 Å². The van der Waals surface area contributed by atoms with Gasteiger partial charge in [-0.2, -0.15) is 5.10 Å². The summed E-state index contributed by atoms with van der Waals surface area (Å²) in [5.41, 5.74) is 2.31. The Morgan fingerprint density at radius 2 is 1.91 bits per heavy atom. The van der Waals surface area contributed by atoms with Gasteiger partial charge >= 0.3 is 0 Å². The smallest absolute Gasteiger partial charge is 0.272 e. The number of hydrogen-bond acceptors (Lipinski definition) is 4. The summed E-state index contributed by atoms with van der Waals surface area (Å²) >= 11 is 0. The van der Waals surface area contributed by atoms with Crippen LogP contribution >= 0.6 is 0 Å². The highest BCUT2D eigenvalue weighted by molar-refractivity contribution is 5.93. The van der Waals surface area contributed by atoms with Crippen molar-refractivity contribution in [3.8, 4) is 0 Å². The highest BCUT2D eigenvalue weighted by Crippen LogP contribution is 2.62. The minimum atomic E-state index is -0.365. The average Bonchev–Trinajstić information content (AvgIpc) is 3.17. The number of benzene rings is 1. The number of hydrogen-bond donors (Lipinski definition) is 2. The molecule has 2 aliphatic rings. The van der Waals surface area contributed by atoms with E-state index >= 15 is 0 Å². The van der Waals surface area contributed by atoms with Crippen LogP contribution in [0, 0.1) is 18.2 Å². The lowest BCUT2D eigenvalue weighted by atomic mass is 9.49. The van der Waals surface area contributed by atoms with E-state index in [1.165, 1.54) is 12.3 Å². The third kappa shape index (κ3) is 2.78. The number of fused-ring (bicyclic) bond motifs is 2. The fraction of sp³-hybridized carbons (Fsp3) is 0.333. The lowest BCUT2D eigenvalue weighted by Gasteiger charge is -2.57. The van der Waals surface area contributed by atoms with Crippen molar-refractivity contribution in [2.75, 3.05) is 0 Å². The third-order valence-corrected chi connectivity index (χ3v) is 7.25. The Kier molecular flexibility index (Phi) is 4.02. The van der Waals surface area contributed by atoms with Gasteiger partial charge in [-0.25, -0.2) is 14.5 Å². The Labute approximate surface area is 182 Å². The molecule has 6 rings (SSSR count). The van der Waals surface area contributed by atoms with Crippen molar-refractivity contribution in [1.29, 1.82) is 0 Å². The maximum Gasteiger partial charge on any atom is 0.272 e. The van der Waals surface area contributed by atoms with E-state index in [1.807, 2.05) is 24.3 Å². The van der Waals surface area contributed by atoms with Crippen molar-refractivity contribution in [2.24, 2.45) is 5.41 Å². The molecule has 0 aliphatic heterocycles. The zero-order valence-electron chi connectivity index (χ0n) is 17.6. The Morgan fingerprint density at radius 3 is 2.69 bits per heavy atom. The quantitative estimate of drug-likeness (QED) is 0.520. The van der Waals surface area contributed by atoms with Gasteiger partial charge in [-0.05, 0) is 56.2 Å². The number of H-pyrrole nitrogens is 1. The summed E-state index contributed by atoms with van der Waals surface area (Å²) in [7, 11) is 0. The van der Waals surface area contributed by atoms with E-state index in [9.17, 15) is 14.0 Å². The van der Waals surface area contributed by atoms with E-state index in [0.717, 1.165) is 36.8 Å². The van der Waals surface area contributed by atoms with Gasteiger partial charge in [-0.1, -0.05) is 18.2 Å². The molecule has 32 heavy (non-hydrogen) atoms. The highest BCUT2D eigenvalue weighted by Gasteiger charge is 2.54. The van der Waals surface area contributed by atoms with Crippen molar-refractivity contribution in [1.82, 2.24) is 24.9 Å². The first-order valence-corrected chi connectivity index (χ1v) is 10.8. The van der Waals surface area contributed by atoms with E-state index in [1.54, 1.807) is 17.4 Å². The summed E-state index contributed by atoms with van der Waals surface area (Å²) in [6, 6.07) is 10.6. The number of carbonyl (C=O) groups excluding carboxylic acids is 1. The third-order valence-electron chi connectivity index (χ3n) is 7.25. The van der Waals surface area contributed by atoms with Crippen LogP contribution in [-0.4, -0.2) is 31.5 Å². The van der Waals surface area contributed by atoms with Crippen LogP contribution in [0.1, 0.15) is 53.5 Å². The first-order chi connectivity index (χ1) is 15.4. The Hall–Kier alpha value is -3.55. The SMILES string of the molecule is Cc1c(F)ccc2ncc(C(=O)N[C@H]3CC4(C3)C[C@H](c3n[nH]c(=O)c5ccccc53)C4)n12. The Morgan fingerprint density at radius 1 is 1.16 bits per heavy atom. The standard InChI is InChI=1S/C24H22FN5O2/c1-13-18(25)6-7-20-26-12-19(30(13)20)23(32)27-15-10-24(11-15)8-14(9-24)21-16-4-2-3-5-17(16)22(31)29-28-21/h2-7,12,14-15H,8-11H2,1H3,(H,27,32)(H,29,31)/t14-,15-,24?. The molecule has 162 valence electrons. The molecule has 3 heterocycles. The molecule has 2 aliphatic carbocycles. The van der Waals surface area contributed by atoms with Crippen molar-refractivity contribution in [2.45, 2.75) is 44.6 Å². The van der Waals surface area contributed by atoms with Crippen LogP contribution in [0.5, 0.6) is 0 Å². The first-order valence-electron chi connectivity index (χ1n) is 10.8. The van der Waals surface area contributed by atoms with Crippen LogP contribution in [0.4, 0.5) is 4.39 Å². The number of carbonyl (C=O) groups is 1. The van der Waals surface area contributed by atoms with Gasteiger partial charge in [0.05, 0.1) is 23.0 Å². The predicted molar refractivity (Wildman–Crippen MR) is 117 cm³/mol. The fourth-order valence-electron chi connectivity index (χ4n) is 5.68. The molecule has 4 aromatic rings. The average molecular weight is 431 g/mol. The van der Waals surface area contributed by atoms with Gasteiger partial charge < -0.3 is 5.32 Å². The molecule has 0 atom stereocenters. The zero-order valence-corrected chi connectivity index (χ0v) is 17.6. The molecule has 7 nitrogen and oxygen atoms in total. The predicted octanol–water partition coefficient (Wildman–Crippen LogP) is 3.47. The number of imidazole rings is 1. The molecule has 1 amide bonds. The minimum Gasteiger partial charge on any atom is -0.348 e. The minimum absolute atomic E-state index is 0.100. The lowest BCUT2D eigenvalue weighted by Crippen LogP contribution is -2.55. The molecular weight excluding hydrogens is 409 g/mol. The second-order valence-corrected chi connectivity index (χ2v) is 9.27. The molecule has 8 heteroatoms. The van der Waals surface area contributed by atoms with E-state index in [2.05, 4.69) is 20.5 Å². The van der Waals surface area contributed by atoms with Gasteiger partial charge in [-0.3, -0.25) is 14.0 Å². The fourth-order valence-corrected chi connectivity index (χ4v) is 5.68. The maximum atomic E-state index is 14.0. The maximum absolute atomic E-state index is 14.0. The number of aryl methyl sites for hydroxylation is 1. The summed E-state index contributed by atoms with van der Waals surface area (Å²) in [6.07, 6.45) is 5.34. The molecule has 1 spiro atoms. The van der Waals surface area contributed by atoms with Crippen LogP contribution in [0.25, 0.3) is 16.4 Å². The summed E-state index contributed by atoms with van der Waals surface area (Å²) < 4.78 is 15.5. The number of pyridine rings is 1. The van der Waals surface area contributed by atoms with Gasteiger partial charge in [0.15, 0.2) is 0 Å². The van der Waals surface area contributed by atoms with Crippen molar-refractivity contribution in [3.63, 3.8) is 0 Å². The van der Waals surface area contributed by atoms with Crippen molar-refractivity contribution < 1.29 is 9.18 Å². The molecule has 0 unspecified atom stereocenters. The van der Waals surface area contributed by atoms with Crippen molar-refractivity contribution in [3.05, 3.63) is 75.8 Å². The number of nitrogens with one attached hydrogen (secondary N) is 2. The second-order valence-electron chi connectivity index (χ2n) is 9.27. The molecule has 2 fully saturated rings. The van der Waals surface area contributed by atoms with Crippen LogP contribution in [0.2, 0.25) is 0 Å². The summed E-state index contributed by atoms with van der Waals surface area (Å²) in [5.74, 6) is -0.274. The topological polar surface area (TPSA) is 92.2 Å². The summed E-state index contributed by atoms with van der Waals surface area (Å²) in [6.45, 7) is 1.64. The molecule has 0 saturated heterocycles. The normalized spacial score (nSPS) is 24.4. The van der Waals surface area contributed by atoms with Gasteiger partial charge in [-0.15, -0.1) is 0 Å². The number of halogens is 1. The van der Waals surface area contributed by atoms with E-state index in [4.69, 9.17) is 0 Å². The number of rotatable bonds is 3. The Bertz CT molecular complexity index is 1440. The molecule has 2 N–H and O–H groups in total. The monoisotopic (exact) mass is 431 g/mol. The molecule has 1 aromatic carbocycles. The van der Waals surface area contributed by atoms with Crippen molar-refractivity contribution >= 4 is 22.3 Å². The second kappa shape index (κ2) is 6.72. The largest absolute Gasteiger partial charge is 0.348 e. The molecule has 2 saturated carbocycles. The first kappa shape index (κ1) is 19.2. The molecule has 0 radical (unpaired) electrons. The number of aromatic nitrogens is 4. The Balaban J connectivity index is 1.13. The number of nitrogens with zero attached hydrogens (tertiary/aromatic N) is 3. The summed E-state index contributed by atoms with van der Waals surface area (Å²) in [4.78, 5) is 29.1. The van der Waals surface area contributed by atoms with Crippen LogP contribution in [-0.2, 0) is 0 Å². The molecule has 0 bridgehead atoms. The van der Waals surface area contributed by atoms with Gasteiger partial charge in [0.25, 0.3) is 11.5 Å². The zero-order chi connectivity index (χ0) is 22.0. The van der Waals surface area contributed by atoms with Gasteiger partial charge in [0.1, 0.15) is 17.2 Å².